The molecule has 1 aromatic heterocycles. The molecule has 0 atom stereocenters. The lowest BCUT2D eigenvalue weighted by Gasteiger charge is -2.53. The molecule has 4 bridgehead atoms. The average molecular weight is 262 g/mol. The summed E-state index contributed by atoms with van der Waals surface area (Å²) in [5.74, 6) is 4.77. The Balaban J connectivity index is 1.67. The number of hydrogen-bond acceptors (Lipinski definition) is 3. The predicted octanol–water partition coefficient (Wildman–Crippen LogP) is 3.45. The third kappa shape index (κ3) is 1.60. The monoisotopic (exact) mass is 262 g/mol. The topological polar surface area (TPSA) is 38.9 Å². The van der Waals surface area contributed by atoms with E-state index < -0.39 is 0 Å². The summed E-state index contributed by atoms with van der Waals surface area (Å²) in [6.45, 7) is 2.79. The third-order valence-corrected chi connectivity index (χ3v) is 6.73. The van der Waals surface area contributed by atoms with Gasteiger partial charge < -0.3 is 5.73 Å². The molecule has 5 rings (SSSR count). The second-order valence-corrected chi connectivity index (χ2v) is 7.95. The van der Waals surface area contributed by atoms with Gasteiger partial charge in [-0.15, -0.1) is 11.3 Å². The summed E-state index contributed by atoms with van der Waals surface area (Å²) in [6.07, 6.45) is 7.45. The van der Waals surface area contributed by atoms with Crippen molar-refractivity contribution in [2.75, 3.05) is 0 Å². The van der Waals surface area contributed by atoms with Gasteiger partial charge in [0, 0.05) is 17.3 Å². The summed E-state index contributed by atoms with van der Waals surface area (Å²) in [5.41, 5.74) is 6.93. The Morgan fingerprint density at radius 3 is 2.22 bits per heavy atom. The lowest BCUT2D eigenvalue weighted by molar-refractivity contribution is -0.00287. The average Bonchev–Trinajstić information content (AvgIpc) is 2.69. The second kappa shape index (κ2) is 4.04. The van der Waals surface area contributed by atoms with E-state index in [-0.39, 0.29) is 0 Å². The number of thiazole rings is 1. The van der Waals surface area contributed by atoms with Crippen LogP contribution in [0.25, 0.3) is 0 Å². The molecule has 4 aliphatic carbocycles. The molecular formula is C15H22N2S. The summed E-state index contributed by atoms with van der Waals surface area (Å²) in [5, 5.41) is 1.42. The Morgan fingerprint density at radius 2 is 1.72 bits per heavy atom. The van der Waals surface area contributed by atoms with Crippen molar-refractivity contribution in [3.63, 3.8) is 0 Å². The number of aryl methyl sites for hydroxylation is 1. The van der Waals surface area contributed by atoms with Gasteiger partial charge in [0.25, 0.3) is 0 Å². The molecule has 2 N–H and O–H groups in total. The smallest absolute Gasteiger partial charge is 0.0968 e. The zero-order valence-corrected chi connectivity index (χ0v) is 11.9. The molecule has 0 aliphatic heterocycles. The standard InChI is InChI=1S/C15H22N2S/c1-8-13(7-16)17-15(18-8)14-11-3-9-2-10(5-11)6-12(14)4-9/h9-12,14H,2-7,16H2,1H3. The van der Waals surface area contributed by atoms with E-state index in [1.807, 2.05) is 11.3 Å². The van der Waals surface area contributed by atoms with Crippen molar-refractivity contribution in [2.24, 2.45) is 29.4 Å². The van der Waals surface area contributed by atoms with Crippen molar-refractivity contribution < 1.29 is 0 Å². The van der Waals surface area contributed by atoms with Crippen LogP contribution in [0.15, 0.2) is 0 Å². The fourth-order valence-electron chi connectivity index (χ4n) is 5.11. The van der Waals surface area contributed by atoms with Gasteiger partial charge in [-0.3, -0.25) is 0 Å². The van der Waals surface area contributed by atoms with Crippen LogP contribution >= 0.6 is 11.3 Å². The minimum absolute atomic E-state index is 0.607. The first kappa shape index (κ1) is 11.4. The van der Waals surface area contributed by atoms with Gasteiger partial charge in [0.2, 0.25) is 0 Å². The quantitative estimate of drug-likeness (QED) is 0.886. The number of rotatable bonds is 2. The second-order valence-electron chi connectivity index (χ2n) is 6.72. The summed E-state index contributed by atoms with van der Waals surface area (Å²) < 4.78 is 0. The van der Waals surface area contributed by atoms with Crippen LogP contribution in [0.5, 0.6) is 0 Å². The van der Waals surface area contributed by atoms with Crippen molar-refractivity contribution >= 4 is 11.3 Å². The van der Waals surface area contributed by atoms with Gasteiger partial charge in [-0.05, 0) is 62.7 Å². The van der Waals surface area contributed by atoms with Crippen LogP contribution in [0.4, 0.5) is 0 Å². The maximum Gasteiger partial charge on any atom is 0.0968 e. The predicted molar refractivity (Wildman–Crippen MR) is 74.5 cm³/mol. The van der Waals surface area contributed by atoms with E-state index in [9.17, 15) is 0 Å². The van der Waals surface area contributed by atoms with Gasteiger partial charge in [0.15, 0.2) is 0 Å². The van der Waals surface area contributed by atoms with Crippen LogP contribution < -0.4 is 5.73 Å². The highest BCUT2D eigenvalue weighted by molar-refractivity contribution is 7.11. The minimum atomic E-state index is 0.607. The number of nitrogens with zero attached hydrogens (tertiary/aromatic N) is 1. The number of nitrogens with two attached hydrogens (primary N) is 1. The van der Waals surface area contributed by atoms with Crippen LogP contribution in [0.2, 0.25) is 0 Å². The first-order valence-electron chi connectivity index (χ1n) is 7.41. The van der Waals surface area contributed by atoms with E-state index in [0.29, 0.717) is 6.54 Å². The van der Waals surface area contributed by atoms with Crippen molar-refractivity contribution in [1.29, 1.82) is 0 Å². The SMILES string of the molecule is Cc1sc(C2C3CC4CC(C3)CC2C4)nc1CN. The highest BCUT2D eigenvalue weighted by Gasteiger charge is 2.49. The van der Waals surface area contributed by atoms with Crippen LogP contribution in [-0.2, 0) is 6.54 Å². The van der Waals surface area contributed by atoms with E-state index in [1.165, 1.54) is 42.0 Å². The molecule has 0 aromatic carbocycles. The van der Waals surface area contributed by atoms with Gasteiger partial charge in [-0.25, -0.2) is 4.98 Å². The van der Waals surface area contributed by atoms with Gasteiger partial charge in [0.05, 0.1) is 10.7 Å². The maximum atomic E-state index is 5.78. The Kier molecular flexibility index (Phi) is 2.56. The van der Waals surface area contributed by atoms with Crippen LogP contribution in [0.1, 0.15) is 53.6 Å². The molecule has 2 nitrogen and oxygen atoms in total. The van der Waals surface area contributed by atoms with Gasteiger partial charge in [0.1, 0.15) is 0 Å². The summed E-state index contributed by atoms with van der Waals surface area (Å²) in [4.78, 5) is 6.22. The summed E-state index contributed by atoms with van der Waals surface area (Å²) >= 11 is 1.93. The molecule has 1 heterocycles. The van der Waals surface area contributed by atoms with E-state index in [2.05, 4.69) is 6.92 Å². The Bertz CT molecular complexity index is 437. The van der Waals surface area contributed by atoms with Crippen LogP contribution in [-0.4, -0.2) is 4.98 Å². The van der Waals surface area contributed by atoms with Gasteiger partial charge in [-0.1, -0.05) is 0 Å². The Morgan fingerprint density at radius 1 is 1.11 bits per heavy atom. The van der Waals surface area contributed by atoms with Gasteiger partial charge in [-0.2, -0.15) is 0 Å². The highest BCUT2D eigenvalue weighted by atomic mass is 32.1. The highest BCUT2D eigenvalue weighted by Crippen LogP contribution is 2.60. The lowest BCUT2D eigenvalue weighted by atomic mass is 9.52. The molecule has 0 saturated heterocycles. The molecule has 1 aromatic rings. The molecule has 0 amide bonds. The molecule has 0 radical (unpaired) electrons. The normalized spacial score (nSPS) is 41.6. The Hall–Kier alpha value is -0.410. The molecular weight excluding hydrogens is 240 g/mol. The molecule has 18 heavy (non-hydrogen) atoms. The van der Waals surface area contributed by atoms with E-state index >= 15 is 0 Å². The third-order valence-electron chi connectivity index (χ3n) is 5.61. The molecule has 3 heteroatoms. The van der Waals surface area contributed by atoms with E-state index in [4.69, 9.17) is 10.7 Å². The van der Waals surface area contributed by atoms with Crippen molar-refractivity contribution in [3.05, 3.63) is 15.6 Å². The molecule has 0 spiro atoms. The largest absolute Gasteiger partial charge is 0.325 e. The van der Waals surface area contributed by atoms with E-state index in [1.54, 1.807) is 0 Å². The molecule has 4 fully saturated rings. The number of aromatic nitrogens is 1. The minimum Gasteiger partial charge on any atom is -0.325 e. The molecule has 4 saturated carbocycles. The Labute approximate surface area is 113 Å². The fourth-order valence-corrected chi connectivity index (χ4v) is 6.35. The molecule has 98 valence electrons. The number of hydrogen-bond donors (Lipinski definition) is 1. The molecule has 4 aliphatic rings. The van der Waals surface area contributed by atoms with Crippen LogP contribution in [0, 0.1) is 30.6 Å². The van der Waals surface area contributed by atoms with Crippen molar-refractivity contribution in [1.82, 2.24) is 4.98 Å². The maximum absolute atomic E-state index is 5.78. The van der Waals surface area contributed by atoms with Crippen molar-refractivity contribution in [3.8, 4) is 0 Å². The van der Waals surface area contributed by atoms with E-state index in [0.717, 1.165) is 35.3 Å². The lowest BCUT2D eigenvalue weighted by Crippen LogP contribution is -2.43. The fraction of sp³-hybridized carbons (Fsp3) is 0.800. The molecule has 0 unspecified atom stereocenters. The summed E-state index contributed by atoms with van der Waals surface area (Å²) in [7, 11) is 0. The zero-order chi connectivity index (χ0) is 12.3. The first-order chi connectivity index (χ1) is 8.74. The zero-order valence-electron chi connectivity index (χ0n) is 11.1. The summed E-state index contributed by atoms with van der Waals surface area (Å²) in [6, 6.07) is 0. The van der Waals surface area contributed by atoms with Crippen molar-refractivity contribution in [2.45, 2.75) is 51.5 Å². The van der Waals surface area contributed by atoms with Crippen LogP contribution in [0.3, 0.4) is 0 Å². The first-order valence-corrected chi connectivity index (χ1v) is 8.22. The van der Waals surface area contributed by atoms with Gasteiger partial charge >= 0.3 is 0 Å².